The first-order chi connectivity index (χ1) is 12.1. The van der Waals surface area contributed by atoms with Crippen LogP contribution in [0.25, 0.3) is 6.08 Å². The van der Waals surface area contributed by atoms with Gasteiger partial charge in [0, 0.05) is 11.1 Å². The molecule has 128 valence electrons. The van der Waals surface area contributed by atoms with E-state index in [9.17, 15) is 14.0 Å². The van der Waals surface area contributed by atoms with E-state index in [2.05, 4.69) is 5.32 Å². The van der Waals surface area contributed by atoms with Gasteiger partial charge in [-0.2, -0.15) is 0 Å². The molecule has 0 atom stereocenters. The lowest BCUT2D eigenvalue weighted by molar-refractivity contribution is -0.123. The minimum absolute atomic E-state index is 0.123. The Morgan fingerprint density at radius 3 is 2.60 bits per heavy atom. The zero-order valence-corrected chi connectivity index (χ0v) is 13.7. The van der Waals surface area contributed by atoms with Crippen LogP contribution >= 0.6 is 0 Å². The molecular formula is C19H17FN2O3. The molecule has 2 aromatic rings. The summed E-state index contributed by atoms with van der Waals surface area (Å²) in [6.45, 7) is 2.23. The van der Waals surface area contributed by atoms with E-state index in [-0.39, 0.29) is 17.8 Å². The Kier molecular flexibility index (Phi) is 4.79. The molecule has 0 spiro atoms. The summed E-state index contributed by atoms with van der Waals surface area (Å²) in [5.41, 5.74) is 1.09. The highest BCUT2D eigenvalue weighted by Crippen LogP contribution is 2.23. The Morgan fingerprint density at radius 1 is 1.12 bits per heavy atom. The first kappa shape index (κ1) is 16.7. The second kappa shape index (κ2) is 7.17. The fourth-order valence-corrected chi connectivity index (χ4v) is 2.55. The topological polar surface area (TPSA) is 58.6 Å². The van der Waals surface area contributed by atoms with Gasteiger partial charge in [-0.3, -0.25) is 9.69 Å². The van der Waals surface area contributed by atoms with Crippen molar-refractivity contribution in [1.82, 2.24) is 10.2 Å². The Balaban J connectivity index is 1.85. The maximum absolute atomic E-state index is 13.8. The van der Waals surface area contributed by atoms with Crippen molar-refractivity contribution in [3.8, 4) is 5.75 Å². The summed E-state index contributed by atoms with van der Waals surface area (Å²) >= 11 is 0. The first-order valence-corrected chi connectivity index (χ1v) is 7.90. The Morgan fingerprint density at radius 2 is 1.84 bits per heavy atom. The SMILES string of the molecule is CCOc1ccccc1/C=C1\NC(=O)N(Cc2ccccc2F)C1=O. The van der Waals surface area contributed by atoms with Crippen LogP contribution in [-0.2, 0) is 11.3 Å². The number of carbonyl (C=O) groups excluding carboxylic acids is 2. The number of nitrogens with zero attached hydrogens (tertiary/aromatic N) is 1. The molecule has 1 aliphatic heterocycles. The molecule has 0 bridgehead atoms. The quantitative estimate of drug-likeness (QED) is 0.671. The number of amides is 3. The largest absolute Gasteiger partial charge is 0.493 e. The molecular weight excluding hydrogens is 323 g/mol. The van der Waals surface area contributed by atoms with Gasteiger partial charge in [0.1, 0.15) is 17.3 Å². The number of urea groups is 1. The molecule has 0 radical (unpaired) electrons. The van der Waals surface area contributed by atoms with E-state index in [1.807, 2.05) is 19.1 Å². The Bertz CT molecular complexity index is 848. The molecule has 1 N–H and O–H groups in total. The van der Waals surface area contributed by atoms with E-state index in [0.29, 0.717) is 17.9 Å². The maximum Gasteiger partial charge on any atom is 0.329 e. The summed E-state index contributed by atoms with van der Waals surface area (Å²) in [6, 6.07) is 12.7. The zero-order valence-electron chi connectivity index (χ0n) is 13.7. The summed E-state index contributed by atoms with van der Waals surface area (Å²) in [5, 5.41) is 2.53. The maximum atomic E-state index is 13.8. The van der Waals surface area contributed by atoms with Gasteiger partial charge in [0.25, 0.3) is 5.91 Å². The van der Waals surface area contributed by atoms with Crippen LogP contribution in [0.4, 0.5) is 9.18 Å². The van der Waals surface area contributed by atoms with Gasteiger partial charge in [-0.15, -0.1) is 0 Å². The summed E-state index contributed by atoms with van der Waals surface area (Å²) < 4.78 is 19.3. The third kappa shape index (κ3) is 3.52. The van der Waals surface area contributed by atoms with E-state index in [1.165, 1.54) is 6.07 Å². The number of benzene rings is 2. The number of imide groups is 1. The van der Waals surface area contributed by atoms with Crippen LogP contribution in [0.2, 0.25) is 0 Å². The van der Waals surface area contributed by atoms with Crippen LogP contribution in [0.1, 0.15) is 18.1 Å². The van der Waals surface area contributed by atoms with E-state index in [1.54, 1.807) is 36.4 Å². The molecule has 1 heterocycles. The summed E-state index contributed by atoms with van der Waals surface area (Å²) in [4.78, 5) is 25.6. The molecule has 0 aromatic heterocycles. The third-order valence-electron chi connectivity index (χ3n) is 3.77. The van der Waals surface area contributed by atoms with Gasteiger partial charge in [0.05, 0.1) is 13.2 Å². The monoisotopic (exact) mass is 340 g/mol. The number of rotatable bonds is 5. The van der Waals surface area contributed by atoms with Crippen molar-refractivity contribution in [1.29, 1.82) is 0 Å². The molecule has 0 saturated carbocycles. The van der Waals surface area contributed by atoms with Crippen LogP contribution in [0, 0.1) is 5.82 Å². The van der Waals surface area contributed by atoms with E-state index < -0.39 is 17.8 Å². The lowest BCUT2D eigenvalue weighted by Crippen LogP contribution is -2.30. The number of nitrogens with one attached hydrogen (secondary N) is 1. The van der Waals surface area contributed by atoms with Gasteiger partial charge in [-0.05, 0) is 25.1 Å². The smallest absolute Gasteiger partial charge is 0.329 e. The lowest BCUT2D eigenvalue weighted by atomic mass is 10.1. The molecule has 3 amide bonds. The summed E-state index contributed by atoms with van der Waals surface area (Å²) in [6.07, 6.45) is 1.56. The minimum atomic E-state index is -0.576. The van der Waals surface area contributed by atoms with Crippen LogP contribution in [0.3, 0.4) is 0 Å². The Labute approximate surface area is 144 Å². The molecule has 1 saturated heterocycles. The highest BCUT2D eigenvalue weighted by molar-refractivity contribution is 6.14. The highest BCUT2D eigenvalue weighted by atomic mass is 19.1. The summed E-state index contributed by atoms with van der Waals surface area (Å²) in [7, 11) is 0. The zero-order chi connectivity index (χ0) is 17.8. The number of hydrogen-bond donors (Lipinski definition) is 1. The normalized spacial score (nSPS) is 15.6. The summed E-state index contributed by atoms with van der Waals surface area (Å²) in [5.74, 6) is -0.339. The number of ether oxygens (including phenoxy) is 1. The van der Waals surface area contributed by atoms with Crippen LogP contribution in [0.5, 0.6) is 5.75 Å². The standard InChI is InChI=1S/C19H17FN2O3/c1-2-25-17-10-6-4-7-13(17)11-16-18(23)22(19(24)21-16)12-14-8-3-5-9-15(14)20/h3-11H,2,12H2,1H3,(H,21,24)/b16-11-. The van der Waals surface area contributed by atoms with Gasteiger partial charge in [-0.25, -0.2) is 9.18 Å². The molecule has 0 aliphatic carbocycles. The first-order valence-electron chi connectivity index (χ1n) is 7.90. The molecule has 25 heavy (non-hydrogen) atoms. The fourth-order valence-electron chi connectivity index (χ4n) is 2.55. The van der Waals surface area contributed by atoms with Gasteiger partial charge in [0.2, 0.25) is 0 Å². The fraction of sp³-hybridized carbons (Fsp3) is 0.158. The van der Waals surface area contributed by atoms with Crippen molar-refractivity contribution in [3.63, 3.8) is 0 Å². The van der Waals surface area contributed by atoms with Gasteiger partial charge >= 0.3 is 6.03 Å². The van der Waals surface area contributed by atoms with Crippen LogP contribution < -0.4 is 10.1 Å². The Hall–Kier alpha value is -3.15. The highest BCUT2D eigenvalue weighted by Gasteiger charge is 2.34. The number of carbonyl (C=O) groups is 2. The molecule has 5 nitrogen and oxygen atoms in total. The molecule has 1 aliphatic rings. The predicted molar refractivity (Wildman–Crippen MR) is 91.1 cm³/mol. The number of para-hydroxylation sites is 1. The van der Waals surface area contributed by atoms with E-state index >= 15 is 0 Å². The third-order valence-corrected chi connectivity index (χ3v) is 3.77. The van der Waals surface area contributed by atoms with Crippen molar-refractivity contribution in [2.45, 2.75) is 13.5 Å². The van der Waals surface area contributed by atoms with Gasteiger partial charge < -0.3 is 10.1 Å². The molecule has 0 unspecified atom stereocenters. The second-order valence-corrected chi connectivity index (χ2v) is 5.44. The molecule has 1 fully saturated rings. The van der Waals surface area contributed by atoms with Crippen molar-refractivity contribution in [3.05, 3.63) is 71.2 Å². The second-order valence-electron chi connectivity index (χ2n) is 5.44. The van der Waals surface area contributed by atoms with E-state index in [0.717, 1.165) is 4.90 Å². The minimum Gasteiger partial charge on any atom is -0.493 e. The number of hydrogen-bond acceptors (Lipinski definition) is 3. The van der Waals surface area contributed by atoms with Crippen LogP contribution in [0.15, 0.2) is 54.2 Å². The van der Waals surface area contributed by atoms with Gasteiger partial charge in [-0.1, -0.05) is 36.4 Å². The molecule has 3 rings (SSSR count). The predicted octanol–water partition coefficient (Wildman–Crippen LogP) is 3.32. The van der Waals surface area contributed by atoms with Crippen molar-refractivity contribution in [2.75, 3.05) is 6.61 Å². The van der Waals surface area contributed by atoms with Crippen molar-refractivity contribution < 1.29 is 18.7 Å². The van der Waals surface area contributed by atoms with Gasteiger partial charge in [0.15, 0.2) is 0 Å². The van der Waals surface area contributed by atoms with Crippen molar-refractivity contribution >= 4 is 18.0 Å². The average Bonchev–Trinajstić information content (AvgIpc) is 2.86. The number of halogens is 1. The average molecular weight is 340 g/mol. The van der Waals surface area contributed by atoms with Crippen molar-refractivity contribution in [2.24, 2.45) is 0 Å². The molecule has 6 heteroatoms. The lowest BCUT2D eigenvalue weighted by Gasteiger charge is -2.12. The van der Waals surface area contributed by atoms with E-state index in [4.69, 9.17) is 4.74 Å². The molecule has 2 aromatic carbocycles. The van der Waals surface area contributed by atoms with Crippen LogP contribution in [-0.4, -0.2) is 23.4 Å².